The standard InChI is InChI=1S/C11H14ClN5O2/c1-6-11(19)15-10(18)5-17(6)4-8-7(12)2-3-9(14-8)16-13/h2-3,6H,4-5,13H2,1H3,(H,14,16)(H,15,18,19). The molecule has 7 nitrogen and oxygen atoms in total. The lowest BCUT2D eigenvalue weighted by atomic mass is 10.2. The number of piperazine rings is 1. The highest BCUT2D eigenvalue weighted by Gasteiger charge is 2.30. The Balaban J connectivity index is 2.20. The van der Waals surface area contributed by atoms with E-state index in [1.165, 1.54) is 0 Å². The number of amides is 2. The Labute approximate surface area is 115 Å². The highest BCUT2D eigenvalue weighted by molar-refractivity contribution is 6.31. The molecule has 0 aliphatic carbocycles. The lowest BCUT2D eigenvalue weighted by Gasteiger charge is -2.31. The van der Waals surface area contributed by atoms with Gasteiger partial charge in [0, 0.05) is 6.54 Å². The summed E-state index contributed by atoms with van der Waals surface area (Å²) in [7, 11) is 0. The fraction of sp³-hybridized carbons (Fsp3) is 0.364. The van der Waals surface area contributed by atoms with Crippen LogP contribution < -0.4 is 16.6 Å². The molecule has 2 rings (SSSR count). The molecular formula is C11H14ClN5O2. The number of carbonyl (C=O) groups excluding carboxylic acids is 2. The average Bonchev–Trinajstić information content (AvgIpc) is 2.38. The minimum Gasteiger partial charge on any atom is -0.308 e. The first-order valence-corrected chi connectivity index (χ1v) is 6.09. The zero-order valence-electron chi connectivity index (χ0n) is 10.3. The quantitative estimate of drug-likeness (QED) is 0.406. The summed E-state index contributed by atoms with van der Waals surface area (Å²) >= 11 is 6.05. The van der Waals surface area contributed by atoms with Crippen LogP contribution in [0.3, 0.4) is 0 Å². The number of anilines is 1. The van der Waals surface area contributed by atoms with Crippen molar-refractivity contribution in [2.45, 2.75) is 19.5 Å². The van der Waals surface area contributed by atoms with Crippen molar-refractivity contribution in [1.82, 2.24) is 15.2 Å². The summed E-state index contributed by atoms with van der Waals surface area (Å²) in [5, 5.41) is 2.74. The van der Waals surface area contributed by atoms with E-state index in [2.05, 4.69) is 15.7 Å². The molecule has 1 aliphatic heterocycles. The largest absolute Gasteiger partial charge is 0.308 e. The van der Waals surface area contributed by atoms with E-state index in [1.807, 2.05) is 0 Å². The maximum absolute atomic E-state index is 11.6. The van der Waals surface area contributed by atoms with Crippen LogP contribution in [0.1, 0.15) is 12.6 Å². The van der Waals surface area contributed by atoms with Gasteiger partial charge in [-0.1, -0.05) is 11.6 Å². The molecule has 0 spiro atoms. The first-order valence-electron chi connectivity index (χ1n) is 5.71. The highest BCUT2D eigenvalue weighted by Crippen LogP contribution is 2.19. The van der Waals surface area contributed by atoms with Gasteiger partial charge in [-0.3, -0.25) is 19.8 Å². The third-order valence-electron chi connectivity index (χ3n) is 2.96. The van der Waals surface area contributed by atoms with E-state index in [-0.39, 0.29) is 18.4 Å². The number of nitrogens with one attached hydrogen (secondary N) is 2. The van der Waals surface area contributed by atoms with E-state index in [0.717, 1.165) is 0 Å². The number of nitrogens with zero attached hydrogens (tertiary/aromatic N) is 2. The van der Waals surface area contributed by atoms with Gasteiger partial charge in [0.1, 0.15) is 5.82 Å². The molecule has 1 atom stereocenters. The molecule has 0 bridgehead atoms. The SMILES string of the molecule is CC1C(=O)NC(=O)CN1Cc1nc(NN)ccc1Cl. The van der Waals surface area contributed by atoms with Crippen molar-refractivity contribution in [3.05, 3.63) is 22.8 Å². The van der Waals surface area contributed by atoms with E-state index < -0.39 is 6.04 Å². The van der Waals surface area contributed by atoms with Gasteiger partial charge >= 0.3 is 0 Å². The van der Waals surface area contributed by atoms with Crippen molar-refractivity contribution in [1.29, 1.82) is 0 Å². The number of carbonyl (C=O) groups is 2. The lowest BCUT2D eigenvalue weighted by molar-refractivity contribution is -0.139. The van der Waals surface area contributed by atoms with Crippen molar-refractivity contribution < 1.29 is 9.59 Å². The second kappa shape index (κ2) is 5.52. The summed E-state index contributed by atoms with van der Waals surface area (Å²) in [6, 6.07) is 2.89. The molecule has 1 fully saturated rings. The third kappa shape index (κ3) is 3.01. The van der Waals surface area contributed by atoms with E-state index >= 15 is 0 Å². The number of rotatable bonds is 3. The first kappa shape index (κ1) is 13.7. The normalized spacial score (nSPS) is 20.3. The van der Waals surface area contributed by atoms with Crippen LogP contribution in [0.2, 0.25) is 5.02 Å². The molecule has 1 saturated heterocycles. The lowest BCUT2D eigenvalue weighted by Crippen LogP contribution is -2.56. The molecule has 1 unspecified atom stereocenters. The zero-order chi connectivity index (χ0) is 14.0. The molecule has 1 aliphatic rings. The van der Waals surface area contributed by atoms with Gasteiger partial charge in [-0.2, -0.15) is 0 Å². The summed E-state index contributed by atoms with van der Waals surface area (Å²) in [6.07, 6.45) is 0. The number of hydrogen-bond donors (Lipinski definition) is 3. The molecule has 1 aromatic heterocycles. The average molecular weight is 284 g/mol. The minimum absolute atomic E-state index is 0.130. The van der Waals surface area contributed by atoms with Crippen LogP contribution in [0.4, 0.5) is 5.82 Å². The van der Waals surface area contributed by atoms with Gasteiger partial charge in [0.2, 0.25) is 11.8 Å². The van der Waals surface area contributed by atoms with Gasteiger partial charge in [0.05, 0.1) is 23.3 Å². The van der Waals surface area contributed by atoms with Crippen molar-refractivity contribution in [2.75, 3.05) is 12.0 Å². The maximum Gasteiger partial charge on any atom is 0.243 e. The smallest absolute Gasteiger partial charge is 0.243 e. The number of aromatic nitrogens is 1. The summed E-state index contributed by atoms with van der Waals surface area (Å²) < 4.78 is 0. The van der Waals surface area contributed by atoms with Crippen LogP contribution in [0, 0.1) is 0 Å². The van der Waals surface area contributed by atoms with Crippen molar-refractivity contribution >= 4 is 29.2 Å². The Morgan fingerprint density at radius 3 is 3.00 bits per heavy atom. The van der Waals surface area contributed by atoms with Crippen LogP contribution >= 0.6 is 11.6 Å². The topological polar surface area (TPSA) is 100 Å². The highest BCUT2D eigenvalue weighted by atomic mass is 35.5. The second-order valence-electron chi connectivity index (χ2n) is 4.26. The van der Waals surface area contributed by atoms with Gasteiger partial charge in [-0.15, -0.1) is 0 Å². The molecule has 0 aromatic carbocycles. The number of pyridine rings is 1. The number of nitrogen functional groups attached to an aromatic ring is 1. The molecule has 19 heavy (non-hydrogen) atoms. The number of hydrazine groups is 1. The van der Waals surface area contributed by atoms with Gasteiger partial charge in [-0.05, 0) is 19.1 Å². The summed E-state index contributed by atoms with van der Waals surface area (Å²) in [5.74, 6) is 5.11. The molecular weight excluding hydrogens is 270 g/mol. The Morgan fingerprint density at radius 2 is 2.32 bits per heavy atom. The van der Waals surface area contributed by atoms with Gasteiger partial charge in [-0.25, -0.2) is 10.8 Å². The number of hydrogen-bond acceptors (Lipinski definition) is 6. The van der Waals surface area contributed by atoms with Crippen molar-refractivity contribution in [3.8, 4) is 0 Å². The molecule has 0 saturated carbocycles. The molecule has 4 N–H and O–H groups in total. The van der Waals surface area contributed by atoms with Gasteiger partial charge < -0.3 is 5.43 Å². The van der Waals surface area contributed by atoms with Crippen LogP contribution in [-0.2, 0) is 16.1 Å². The van der Waals surface area contributed by atoms with E-state index in [4.69, 9.17) is 17.4 Å². The van der Waals surface area contributed by atoms with Crippen LogP contribution in [0.5, 0.6) is 0 Å². The fourth-order valence-electron chi connectivity index (χ4n) is 1.83. The van der Waals surface area contributed by atoms with E-state index in [1.54, 1.807) is 24.0 Å². The monoisotopic (exact) mass is 283 g/mol. The predicted octanol–water partition coefficient (Wildman–Crippen LogP) is -0.133. The summed E-state index contributed by atoms with van der Waals surface area (Å²) in [4.78, 5) is 28.8. The zero-order valence-corrected chi connectivity index (χ0v) is 11.1. The summed E-state index contributed by atoms with van der Waals surface area (Å²) in [6.45, 7) is 2.15. The van der Waals surface area contributed by atoms with Gasteiger partial charge in [0.25, 0.3) is 0 Å². The fourth-order valence-corrected chi connectivity index (χ4v) is 1.99. The third-order valence-corrected chi connectivity index (χ3v) is 3.30. The van der Waals surface area contributed by atoms with Crippen LogP contribution in [0.25, 0.3) is 0 Å². The van der Waals surface area contributed by atoms with E-state index in [9.17, 15) is 9.59 Å². The first-order chi connectivity index (χ1) is 9.01. The molecule has 0 radical (unpaired) electrons. The Kier molecular flexibility index (Phi) is 3.98. The predicted molar refractivity (Wildman–Crippen MR) is 70.1 cm³/mol. The summed E-state index contributed by atoms with van der Waals surface area (Å²) in [5.41, 5.74) is 2.99. The number of halogens is 1. The van der Waals surface area contributed by atoms with E-state index in [0.29, 0.717) is 23.1 Å². The Bertz CT molecular complexity index is 522. The molecule has 2 heterocycles. The van der Waals surface area contributed by atoms with Crippen molar-refractivity contribution in [2.24, 2.45) is 5.84 Å². The molecule has 2 amide bonds. The van der Waals surface area contributed by atoms with Gasteiger partial charge in [0.15, 0.2) is 0 Å². The van der Waals surface area contributed by atoms with Crippen molar-refractivity contribution in [3.63, 3.8) is 0 Å². The second-order valence-corrected chi connectivity index (χ2v) is 4.67. The maximum atomic E-state index is 11.6. The molecule has 8 heteroatoms. The Hall–Kier alpha value is -1.70. The Morgan fingerprint density at radius 1 is 1.58 bits per heavy atom. The minimum atomic E-state index is -0.412. The molecule has 102 valence electrons. The van der Waals surface area contributed by atoms with Crippen LogP contribution in [-0.4, -0.2) is 34.3 Å². The number of nitrogens with two attached hydrogens (primary N) is 1. The molecule has 1 aromatic rings. The number of imide groups is 1. The van der Waals surface area contributed by atoms with Crippen LogP contribution in [0.15, 0.2) is 12.1 Å².